The normalized spacial score (nSPS) is 14.2. The molecule has 0 saturated heterocycles. The maximum Gasteiger partial charge on any atom is 0.305 e. The predicted molar refractivity (Wildman–Crippen MR) is 53.5 cm³/mol. The zero-order chi connectivity index (χ0) is 10.3. The minimum atomic E-state index is -0.830. The van der Waals surface area contributed by atoms with Crippen LogP contribution in [0, 0.1) is 0 Å². The zero-order valence-electron chi connectivity index (χ0n) is 8.42. The van der Waals surface area contributed by atoms with Crippen LogP contribution in [0.25, 0.3) is 0 Å². The fourth-order valence-electron chi connectivity index (χ4n) is 1.21. The van der Waals surface area contributed by atoms with E-state index in [-0.39, 0.29) is 12.5 Å². The van der Waals surface area contributed by atoms with Crippen LogP contribution in [-0.2, 0) is 4.79 Å². The molecule has 0 aliphatic carbocycles. The molecule has 0 fully saturated rings. The fraction of sp³-hybridized carbons (Fsp3) is 0.700. The van der Waals surface area contributed by atoms with Gasteiger partial charge in [-0.1, -0.05) is 31.9 Å². The molecule has 0 aromatic rings. The van der Waals surface area contributed by atoms with Gasteiger partial charge in [-0.25, -0.2) is 0 Å². The topological polar surface area (TPSA) is 63.3 Å². The van der Waals surface area contributed by atoms with Gasteiger partial charge in [0.25, 0.3) is 0 Å². The number of hydrogen-bond acceptors (Lipinski definition) is 2. The van der Waals surface area contributed by atoms with Crippen LogP contribution in [0.4, 0.5) is 0 Å². The van der Waals surface area contributed by atoms with E-state index in [0.29, 0.717) is 0 Å². The summed E-state index contributed by atoms with van der Waals surface area (Å²) in [6.07, 6.45) is 4.99. The smallest absolute Gasteiger partial charge is 0.305 e. The van der Waals surface area contributed by atoms with Crippen molar-refractivity contribution in [2.75, 3.05) is 0 Å². The van der Waals surface area contributed by atoms with Gasteiger partial charge in [0.15, 0.2) is 0 Å². The Morgan fingerprint density at radius 2 is 2.15 bits per heavy atom. The number of aliphatic carboxylic acids is 1. The van der Waals surface area contributed by atoms with E-state index in [1.807, 2.05) is 6.92 Å². The van der Waals surface area contributed by atoms with Gasteiger partial charge in [-0.2, -0.15) is 0 Å². The number of carboxylic acids is 1. The first-order chi connectivity index (χ1) is 6.11. The van der Waals surface area contributed by atoms with Crippen LogP contribution in [0.15, 0.2) is 11.6 Å². The lowest BCUT2D eigenvalue weighted by atomic mass is 10.0. The molecule has 0 amide bonds. The minimum Gasteiger partial charge on any atom is -0.481 e. The third-order valence-corrected chi connectivity index (χ3v) is 1.97. The highest BCUT2D eigenvalue weighted by Gasteiger charge is 2.10. The summed E-state index contributed by atoms with van der Waals surface area (Å²) in [7, 11) is 0. The summed E-state index contributed by atoms with van der Waals surface area (Å²) in [5.74, 6) is -0.830. The molecule has 0 bridgehead atoms. The molecule has 0 aromatic heterocycles. The van der Waals surface area contributed by atoms with Crippen molar-refractivity contribution in [1.82, 2.24) is 0 Å². The van der Waals surface area contributed by atoms with Crippen LogP contribution in [0.1, 0.15) is 39.5 Å². The maximum absolute atomic E-state index is 10.4. The van der Waals surface area contributed by atoms with E-state index in [9.17, 15) is 4.79 Å². The lowest BCUT2D eigenvalue weighted by Gasteiger charge is -2.12. The van der Waals surface area contributed by atoms with Crippen molar-refractivity contribution in [3.05, 3.63) is 11.6 Å². The second-order valence-corrected chi connectivity index (χ2v) is 3.13. The van der Waals surface area contributed by atoms with Gasteiger partial charge in [0.2, 0.25) is 0 Å². The lowest BCUT2D eigenvalue weighted by molar-refractivity contribution is -0.137. The molecule has 0 spiro atoms. The molecule has 3 nitrogen and oxygen atoms in total. The molecule has 1 unspecified atom stereocenters. The van der Waals surface area contributed by atoms with Gasteiger partial charge >= 0.3 is 5.97 Å². The van der Waals surface area contributed by atoms with Crippen molar-refractivity contribution in [2.45, 2.75) is 45.6 Å². The summed E-state index contributed by atoms with van der Waals surface area (Å²) in [6.45, 7) is 4.09. The first-order valence-corrected chi connectivity index (χ1v) is 4.78. The Hall–Kier alpha value is -0.830. The van der Waals surface area contributed by atoms with E-state index in [1.165, 1.54) is 0 Å². The predicted octanol–water partition coefficient (Wildman–Crippen LogP) is 1.92. The molecule has 0 aromatic carbocycles. The lowest BCUT2D eigenvalue weighted by Crippen LogP contribution is -2.25. The number of allylic oxidation sites excluding steroid dienone is 1. The number of nitrogens with two attached hydrogens (primary N) is 1. The fourth-order valence-corrected chi connectivity index (χ4v) is 1.21. The highest BCUT2D eigenvalue weighted by Crippen LogP contribution is 2.10. The molecule has 0 aliphatic heterocycles. The summed E-state index contributed by atoms with van der Waals surface area (Å²) in [4.78, 5) is 10.4. The van der Waals surface area contributed by atoms with Gasteiger partial charge < -0.3 is 10.8 Å². The molecule has 0 heterocycles. The monoisotopic (exact) mass is 185 g/mol. The summed E-state index contributed by atoms with van der Waals surface area (Å²) < 4.78 is 0. The van der Waals surface area contributed by atoms with Gasteiger partial charge in [0.1, 0.15) is 0 Å². The largest absolute Gasteiger partial charge is 0.481 e. The number of rotatable bonds is 6. The highest BCUT2D eigenvalue weighted by molar-refractivity contribution is 5.68. The Balaban J connectivity index is 4.13. The first kappa shape index (κ1) is 12.2. The van der Waals surface area contributed by atoms with Crippen molar-refractivity contribution < 1.29 is 9.90 Å². The first-order valence-electron chi connectivity index (χ1n) is 4.78. The van der Waals surface area contributed by atoms with Crippen molar-refractivity contribution in [3.63, 3.8) is 0 Å². The summed E-state index contributed by atoms with van der Waals surface area (Å²) in [5.41, 5.74) is 6.78. The number of unbranched alkanes of at least 4 members (excludes halogenated alkanes) is 1. The molecule has 3 heteroatoms. The van der Waals surface area contributed by atoms with Crippen LogP contribution in [0.3, 0.4) is 0 Å². The second kappa shape index (κ2) is 6.66. The van der Waals surface area contributed by atoms with Gasteiger partial charge in [-0.15, -0.1) is 0 Å². The van der Waals surface area contributed by atoms with Crippen LogP contribution in [-0.4, -0.2) is 17.1 Å². The van der Waals surface area contributed by atoms with E-state index in [1.54, 1.807) is 0 Å². The average Bonchev–Trinajstić information content (AvgIpc) is 2.04. The maximum atomic E-state index is 10.4. The standard InChI is InChI=1S/C10H19NO2/c1-3-5-6-8(4-2)9(11)7-10(12)13/h6,9H,3-5,7,11H2,1-2H3,(H,12,13)/b8-6+. The van der Waals surface area contributed by atoms with Gasteiger partial charge in [0, 0.05) is 6.04 Å². The van der Waals surface area contributed by atoms with Crippen LogP contribution in [0.2, 0.25) is 0 Å². The van der Waals surface area contributed by atoms with Crippen LogP contribution in [0.5, 0.6) is 0 Å². The third kappa shape index (κ3) is 5.42. The van der Waals surface area contributed by atoms with Crippen molar-refractivity contribution in [1.29, 1.82) is 0 Å². The molecule has 13 heavy (non-hydrogen) atoms. The Morgan fingerprint density at radius 1 is 1.54 bits per heavy atom. The molecule has 0 aliphatic rings. The van der Waals surface area contributed by atoms with E-state index < -0.39 is 5.97 Å². The Labute approximate surface area is 79.6 Å². The van der Waals surface area contributed by atoms with Crippen molar-refractivity contribution >= 4 is 5.97 Å². The second-order valence-electron chi connectivity index (χ2n) is 3.13. The number of carboxylic acid groups (broad SMARTS) is 1. The van der Waals surface area contributed by atoms with E-state index in [0.717, 1.165) is 24.8 Å². The molecule has 3 N–H and O–H groups in total. The Bertz CT molecular complexity index is 187. The van der Waals surface area contributed by atoms with E-state index in [2.05, 4.69) is 13.0 Å². The molecular weight excluding hydrogens is 166 g/mol. The molecule has 0 radical (unpaired) electrons. The van der Waals surface area contributed by atoms with E-state index in [4.69, 9.17) is 10.8 Å². The SMILES string of the molecule is CCC/C=C(\CC)C(N)CC(=O)O. The average molecular weight is 185 g/mol. The molecule has 1 atom stereocenters. The summed E-state index contributed by atoms with van der Waals surface area (Å²) in [5, 5.41) is 8.55. The molecular formula is C10H19NO2. The Kier molecular flexibility index (Phi) is 6.24. The molecule has 0 rings (SSSR count). The van der Waals surface area contributed by atoms with E-state index >= 15 is 0 Å². The molecule has 0 saturated carbocycles. The van der Waals surface area contributed by atoms with Gasteiger partial charge in [0.05, 0.1) is 6.42 Å². The van der Waals surface area contributed by atoms with Gasteiger partial charge in [-0.05, 0) is 12.8 Å². The number of carbonyl (C=O) groups is 1. The zero-order valence-corrected chi connectivity index (χ0v) is 8.42. The molecule has 76 valence electrons. The van der Waals surface area contributed by atoms with Crippen molar-refractivity contribution in [3.8, 4) is 0 Å². The van der Waals surface area contributed by atoms with Crippen molar-refractivity contribution in [2.24, 2.45) is 5.73 Å². The third-order valence-electron chi connectivity index (χ3n) is 1.97. The quantitative estimate of drug-likeness (QED) is 0.621. The minimum absolute atomic E-state index is 0.0311. The summed E-state index contributed by atoms with van der Waals surface area (Å²) >= 11 is 0. The van der Waals surface area contributed by atoms with Crippen LogP contribution < -0.4 is 5.73 Å². The van der Waals surface area contributed by atoms with Crippen LogP contribution >= 0.6 is 0 Å². The Morgan fingerprint density at radius 3 is 2.54 bits per heavy atom. The van der Waals surface area contributed by atoms with Gasteiger partial charge in [-0.3, -0.25) is 4.79 Å². The highest BCUT2D eigenvalue weighted by atomic mass is 16.4. The summed E-state index contributed by atoms with van der Waals surface area (Å²) in [6, 6.07) is -0.311. The number of hydrogen-bond donors (Lipinski definition) is 2.